The molecule has 0 radical (unpaired) electrons. The number of guanidine groups is 1. The molecular weight excluding hydrogens is 350 g/mol. The topological polar surface area (TPSA) is 54.7 Å². The van der Waals surface area contributed by atoms with Gasteiger partial charge in [-0.1, -0.05) is 31.5 Å². The van der Waals surface area contributed by atoms with Gasteiger partial charge in [0.15, 0.2) is 5.96 Å². The number of nitrogens with one attached hydrogen (secondary N) is 1. The number of ether oxygens (including phenoxy) is 1. The van der Waals surface area contributed by atoms with Crippen LogP contribution in [0.4, 0.5) is 0 Å². The molecule has 0 atom stereocenters. The zero-order chi connectivity index (χ0) is 20.7. The van der Waals surface area contributed by atoms with Crippen molar-refractivity contribution in [1.82, 2.24) is 20.0 Å². The van der Waals surface area contributed by atoms with E-state index in [0.29, 0.717) is 12.5 Å². The maximum atomic E-state index is 5.49. The summed E-state index contributed by atoms with van der Waals surface area (Å²) in [7, 11) is 5.77. The lowest BCUT2D eigenvalue weighted by Crippen LogP contribution is -2.38. The average molecular weight is 386 g/mol. The Hall–Kier alpha value is -2.50. The molecule has 6 nitrogen and oxygen atoms in total. The van der Waals surface area contributed by atoms with Crippen LogP contribution in [0.5, 0.6) is 5.75 Å². The van der Waals surface area contributed by atoms with Gasteiger partial charge >= 0.3 is 0 Å². The molecule has 0 amide bonds. The van der Waals surface area contributed by atoms with Crippen molar-refractivity contribution >= 4 is 5.96 Å². The minimum atomic E-state index is 0.401. The van der Waals surface area contributed by atoms with E-state index in [1.54, 1.807) is 7.11 Å². The van der Waals surface area contributed by atoms with E-state index in [4.69, 9.17) is 9.73 Å². The molecule has 28 heavy (non-hydrogen) atoms. The fourth-order valence-corrected chi connectivity index (χ4v) is 3.35. The van der Waals surface area contributed by atoms with Crippen molar-refractivity contribution in [2.24, 2.45) is 12.0 Å². The van der Waals surface area contributed by atoms with E-state index in [9.17, 15) is 0 Å². The molecule has 2 rings (SSSR count). The first-order valence-electron chi connectivity index (χ1n) is 10.0. The standard InChI is InChI=1S/C22H35N5O/c1-8-23-22(24-12-11-18-13-17(4)9-10-20(18)28-7)26(5)14-19-15-27(6)25-21(19)16(2)3/h9-10,13,15-16H,8,11-12,14H2,1-7H3,(H,23,24). The monoisotopic (exact) mass is 385 g/mol. The second-order valence-corrected chi connectivity index (χ2v) is 7.52. The molecule has 0 spiro atoms. The van der Waals surface area contributed by atoms with Crippen molar-refractivity contribution in [3.63, 3.8) is 0 Å². The van der Waals surface area contributed by atoms with Gasteiger partial charge in [0.05, 0.1) is 12.8 Å². The molecule has 0 saturated heterocycles. The molecule has 0 aliphatic rings. The first-order valence-corrected chi connectivity index (χ1v) is 10.0. The Morgan fingerprint density at radius 1 is 1.32 bits per heavy atom. The highest BCUT2D eigenvalue weighted by atomic mass is 16.5. The Morgan fingerprint density at radius 3 is 2.71 bits per heavy atom. The van der Waals surface area contributed by atoms with Crippen molar-refractivity contribution in [2.45, 2.75) is 46.6 Å². The van der Waals surface area contributed by atoms with E-state index >= 15 is 0 Å². The van der Waals surface area contributed by atoms with E-state index < -0.39 is 0 Å². The van der Waals surface area contributed by atoms with Crippen LogP contribution in [0.3, 0.4) is 0 Å². The molecule has 1 aromatic heterocycles. The van der Waals surface area contributed by atoms with Crippen LogP contribution in [0.15, 0.2) is 29.4 Å². The van der Waals surface area contributed by atoms with E-state index in [2.05, 4.69) is 68.4 Å². The lowest BCUT2D eigenvalue weighted by molar-refractivity contribution is 0.409. The lowest BCUT2D eigenvalue weighted by atomic mass is 10.1. The minimum Gasteiger partial charge on any atom is -0.496 e. The summed E-state index contributed by atoms with van der Waals surface area (Å²) < 4.78 is 7.38. The molecule has 0 bridgehead atoms. The maximum Gasteiger partial charge on any atom is 0.193 e. The smallest absolute Gasteiger partial charge is 0.193 e. The summed E-state index contributed by atoms with van der Waals surface area (Å²) in [5.41, 5.74) is 4.82. The van der Waals surface area contributed by atoms with Gasteiger partial charge in [-0.3, -0.25) is 9.67 Å². The van der Waals surface area contributed by atoms with E-state index in [-0.39, 0.29) is 0 Å². The first kappa shape index (κ1) is 21.8. The second-order valence-electron chi connectivity index (χ2n) is 7.52. The summed E-state index contributed by atoms with van der Waals surface area (Å²) in [4.78, 5) is 7.01. The highest BCUT2D eigenvalue weighted by Gasteiger charge is 2.15. The van der Waals surface area contributed by atoms with Gasteiger partial charge in [0.25, 0.3) is 0 Å². The number of methoxy groups -OCH3 is 1. The number of aryl methyl sites for hydroxylation is 2. The van der Waals surface area contributed by atoms with Crippen LogP contribution in [0, 0.1) is 6.92 Å². The third-order valence-electron chi connectivity index (χ3n) is 4.67. The highest BCUT2D eigenvalue weighted by Crippen LogP contribution is 2.21. The summed E-state index contributed by atoms with van der Waals surface area (Å²) in [5, 5.41) is 8.02. The molecule has 1 aromatic carbocycles. The molecule has 0 saturated carbocycles. The van der Waals surface area contributed by atoms with E-state index in [0.717, 1.165) is 36.9 Å². The van der Waals surface area contributed by atoms with Gasteiger partial charge in [-0.2, -0.15) is 5.10 Å². The third-order valence-corrected chi connectivity index (χ3v) is 4.67. The second kappa shape index (κ2) is 10.2. The Bertz CT molecular complexity index is 794. The largest absolute Gasteiger partial charge is 0.496 e. The molecule has 1 heterocycles. The van der Waals surface area contributed by atoms with Crippen molar-refractivity contribution in [2.75, 3.05) is 27.2 Å². The van der Waals surface area contributed by atoms with E-state index in [1.807, 2.05) is 17.8 Å². The van der Waals surface area contributed by atoms with Crippen LogP contribution >= 0.6 is 0 Å². The van der Waals surface area contributed by atoms with Crippen molar-refractivity contribution in [3.8, 4) is 5.75 Å². The molecule has 0 unspecified atom stereocenters. The van der Waals surface area contributed by atoms with Gasteiger partial charge in [0, 0.05) is 45.5 Å². The highest BCUT2D eigenvalue weighted by molar-refractivity contribution is 5.79. The number of rotatable bonds is 8. The Labute approximate surface area is 169 Å². The molecule has 1 N–H and O–H groups in total. The molecule has 0 fully saturated rings. The zero-order valence-corrected chi connectivity index (χ0v) is 18.4. The number of aliphatic imine (C=N–C) groups is 1. The van der Waals surface area contributed by atoms with Gasteiger partial charge in [-0.25, -0.2) is 0 Å². The summed E-state index contributed by atoms with van der Waals surface area (Å²) in [6, 6.07) is 6.28. The van der Waals surface area contributed by atoms with Crippen LogP contribution in [-0.2, 0) is 20.0 Å². The number of benzene rings is 1. The van der Waals surface area contributed by atoms with Gasteiger partial charge in [-0.05, 0) is 37.8 Å². The van der Waals surface area contributed by atoms with Gasteiger partial charge in [-0.15, -0.1) is 0 Å². The van der Waals surface area contributed by atoms with Gasteiger partial charge in [0.1, 0.15) is 5.75 Å². The minimum absolute atomic E-state index is 0.401. The van der Waals surface area contributed by atoms with Crippen molar-refractivity contribution < 1.29 is 4.74 Å². The zero-order valence-electron chi connectivity index (χ0n) is 18.4. The van der Waals surface area contributed by atoms with Crippen molar-refractivity contribution in [1.29, 1.82) is 0 Å². The van der Waals surface area contributed by atoms with Crippen LogP contribution in [-0.4, -0.2) is 47.9 Å². The van der Waals surface area contributed by atoms with Crippen LogP contribution in [0.2, 0.25) is 0 Å². The van der Waals surface area contributed by atoms with Crippen LogP contribution < -0.4 is 10.1 Å². The molecule has 6 heteroatoms. The molecule has 154 valence electrons. The molecule has 0 aliphatic heterocycles. The third kappa shape index (κ3) is 5.75. The predicted octanol–water partition coefficient (Wildman–Crippen LogP) is 3.50. The van der Waals surface area contributed by atoms with Gasteiger partial charge < -0.3 is 15.0 Å². The Balaban J connectivity index is 2.10. The average Bonchev–Trinajstić information content (AvgIpc) is 3.01. The Morgan fingerprint density at radius 2 is 2.07 bits per heavy atom. The van der Waals surface area contributed by atoms with E-state index in [1.165, 1.54) is 16.7 Å². The quantitative estimate of drug-likeness (QED) is 0.558. The SMILES string of the molecule is CCNC(=NCCc1cc(C)ccc1OC)N(C)Cc1cn(C)nc1C(C)C. The number of hydrogen-bond donors (Lipinski definition) is 1. The summed E-state index contributed by atoms with van der Waals surface area (Å²) in [5.74, 6) is 2.24. The summed E-state index contributed by atoms with van der Waals surface area (Å²) in [6.07, 6.45) is 2.95. The van der Waals surface area contributed by atoms with Crippen LogP contribution in [0.1, 0.15) is 49.1 Å². The predicted molar refractivity (Wildman–Crippen MR) is 116 cm³/mol. The van der Waals surface area contributed by atoms with Gasteiger partial charge in [0.2, 0.25) is 0 Å². The summed E-state index contributed by atoms with van der Waals surface area (Å²) in [6.45, 7) is 10.9. The maximum absolute atomic E-state index is 5.49. The molecule has 2 aromatic rings. The number of aromatic nitrogens is 2. The van der Waals surface area contributed by atoms with Crippen molar-refractivity contribution in [3.05, 3.63) is 46.8 Å². The number of hydrogen-bond acceptors (Lipinski definition) is 3. The molecular formula is C22H35N5O. The fourth-order valence-electron chi connectivity index (χ4n) is 3.35. The fraction of sp³-hybridized carbons (Fsp3) is 0.545. The normalized spacial score (nSPS) is 11.8. The lowest BCUT2D eigenvalue weighted by Gasteiger charge is -2.22. The first-order chi connectivity index (χ1) is 13.3. The molecule has 0 aliphatic carbocycles. The van der Waals surface area contributed by atoms with Crippen LogP contribution in [0.25, 0.3) is 0 Å². The summed E-state index contributed by atoms with van der Waals surface area (Å²) >= 11 is 0. The Kier molecular flexibility index (Phi) is 7.91. The number of nitrogens with zero attached hydrogens (tertiary/aromatic N) is 4.